The lowest BCUT2D eigenvalue weighted by Gasteiger charge is -2.29. The molecule has 2 rings (SSSR count). The molecule has 0 amide bonds. The minimum Gasteiger partial charge on any atom is -0.316 e. The molecular weight excluding hydrogens is 208 g/mol. The van der Waals surface area contributed by atoms with Crippen LogP contribution in [0.1, 0.15) is 18.9 Å². The Labute approximate surface area is 94.9 Å². The van der Waals surface area contributed by atoms with E-state index in [0.717, 1.165) is 25.6 Å². The van der Waals surface area contributed by atoms with Gasteiger partial charge in [0.25, 0.3) is 0 Å². The van der Waals surface area contributed by atoms with Crippen LogP contribution >= 0.6 is 0 Å². The summed E-state index contributed by atoms with van der Waals surface area (Å²) in [7, 11) is 0. The summed E-state index contributed by atoms with van der Waals surface area (Å²) in [5.41, 5.74) is 0.627. The van der Waals surface area contributed by atoms with E-state index in [4.69, 9.17) is 0 Å². The molecule has 0 bridgehead atoms. The largest absolute Gasteiger partial charge is 0.316 e. The number of piperidine rings is 1. The van der Waals surface area contributed by atoms with Gasteiger partial charge in [-0.3, -0.25) is 0 Å². The highest BCUT2D eigenvalue weighted by atomic mass is 19.1. The van der Waals surface area contributed by atoms with E-state index in [1.807, 2.05) is 0 Å². The number of rotatable bonds is 2. The van der Waals surface area contributed by atoms with E-state index in [0.29, 0.717) is 23.8 Å². The zero-order valence-electron chi connectivity index (χ0n) is 9.47. The summed E-state index contributed by atoms with van der Waals surface area (Å²) in [5, 5.41) is 3.32. The van der Waals surface area contributed by atoms with Crippen molar-refractivity contribution in [2.75, 3.05) is 13.1 Å². The van der Waals surface area contributed by atoms with Crippen LogP contribution in [0.2, 0.25) is 0 Å². The Bertz CT molecular complexity index is 365. The highest BCUT2D eigenvalue weighted by Crippen LogP contribution is 2.24. The Morgan fingerprint density at radius 2 is 2.19 bits per heavy atom. The average molecular weight is 225 g/mol. The first-order valence-corrected chi connectivity index (χ1v) is 5.81. The van der Waals surface area contributed by atoms with Crippen molar-refractivity contribution >= 4 is 0 Å². The molecule has 0 spiro atoms. The summed E-state index contributed by atoms with van der Waals surface area (Å²) < 4.78 is 26.2. The fourth-order valence-electron chi connectivity index (χ4n) is 2.30. The van der Waals surface area contributed by atoms with Crippen molar-refractivity contribution in [3.05, 3.63) is 35.4 Å². The smallest absolute Gasteiger partial charge is 0.129 e. The quantitative estimate of drug-likeness (QED) is 0.816. The highest BCUT2D eigenvalue weighted by molar-refractivity contribution is 5.19. The molecule has 2 unspecified atom stereocenters. The summed E-state index contributed by atoms with van der Waals surface area (Å²) in [6.07, 6.45) is 1.83. The van der Waals surface area contributed by atoms with E-state index in [9.17, 15) is 8.78 Å². The molecule has 2 atom stereocenters. The molecule has 1 saturated heterocycles. The van der Waals surface area contributed by atoms with E-state index < -0.39 is 11.6 Å². The second-order valence-corrected chi connectivity index (χ2v) is 4.67. The van der Waals surface area contributed by atoms with Crippen LogP contribution in [0, 0.1) is 23.5 Å². The molecular formula is C13H17F2N. The molecule has 1 aromatic carbocycles. The van der Waals surface area contributed by atoms with Crippen molar-refractivity contribution in [1.82, 2.24) is 5.32 Å². The number of hydrogen-bond donors (Lipinski definition) is 1. The summed E-state index contributed by atoms with van der Waals surface area (Å²) in [5.74, 6) is 0.133. The van der Waals surface area contributed by atoms with Gasteiger partial charge >= 0.3 is 0 Å². The first kappa shape index (κ1) is 11.5. The van der Waals surface area contributed by atoms with E-state index in [2.05, 4.69) is 12.2 Å². The van der Waals surface area contributed by atoms with Gasteiger partial charge < -0.3 is 5.32 Å². The third-order valence-electron chi connectivity index (χ3n) is 3.48. The molecule has 0 radical (unpaired) electrons. The third kappa shape index (κ3) is 2.59. The van der Waals surface area contributed by atoms with Crippen LogP contribution in [0.4, 0.5) is 8.78 Å². The first-order valence-electron chi connectivity index (χ1n) is 5.81. The monoisotopic (exact) mass is 225 g/mol. The third-order valence-corrected chi connectivity index (χ3v) is 3.48. The Balaban J connectivity index is 2.07. The van der Waals surface area contributed by atoms with Crippen LogP contribution < -0.4 is 5.32 Å². The Morgan fingerprint density at radius 3 is 2.88 bits per heavy atom. The highest BCUT2D eigenvalue weighted by Gasteiger charge is 2.22. The average Bonchev–Trinajstić information content (AvgIpc) is 2.25. The molecule has 1 N–H and O–H groups in total. The molecule has 1 aliphatic rings. The Kier molecular flexibility index (Phi) is 3.54. The van der Waals surface area contributed by atoms with Gasteiger partial charge in [-0.2, -0.15) is 0 Å². The summed E-state index contributed by atoms with van der Waals surface area (Å²) in [6, 6.07) is 3.86. The number of benzene rings is 1. The normalized spacial score (nSPS) is 25.7. The van der Waals surface area contributed by atoms with E-state index in [1.54, 1.807) is 6.07 Å². The summed E-state index contributed by atoms with van der Waals surface area (Å²) >= 11 is 0. The van der Waals surface area contributed by atoms with Crippen LogP contribution in [0.3, 0.4) is 0 Å². The van der Waals surface area contributed by atoms with Gasteiger partial charge in [0.15, 0.2) is 0 Å². The zero-order valence-corrected chi connectivity index (χ0v) is 9.47. The van der Waals surface area contributed by atoms with Gasteiger partial charge in [-0.25, -0.2) is 8.78 Å². The second-order valence-electron chi connectivity index (χ2n) is 4.67. The molecule has 1 nitrogen and oxygen atoms in total. The van der Waals surface area contributed by atoms with Crippen molar-refractivity contribution < 1.29 is 8.78 Å². The van der Waals surface area contributed by atoms with Crippen molar-refractivity contribution in [1.29, 1.82) is 0 Å². The molecule has 88 valence electrons. The maximum Gasteiger partial charge on any atom is 0.129 e. The predicted octanol–water partition coefficient (Wildman–Crippen LogP) is 2.75. The van der Waals surface area contributed by atoms with E-state index >= 15 is 0 Å². The van der Waals surface area contributed by atoms with Crippen LogP contribution in [-0.4, -0.2) is 13.1 Å². The van der Waals surface area contributed by atoms with Crippen LogP contribution in [0.25, 0.3) is 0 Å². The second kappa shape index (κ2) is 4.91. The molecule has 1 aliphatic heterocycles. The number of hydrogen-bond acceptors (Lipinski definition) is 1. The topological polar surface area (TPSA) is 12.0 Å². The minimum absolute atomic E-state index is 0.419. The van der Waals surface area contributed by atoms with Crippen molar-refractivity contribution in [3.8, 4) is 0 Å². The van der Waals surface area contributed by atoms with Gasteiger partial charge in [0.1, 0.15) is 11.6 Å². The van der Waals surface area contributed by atoms with Crippen molar-refractivity contribution in [3.63, 3.8) is 0 Å². The maximum atomic E-state index is 13.5. The minimum atomic E-state index is -0.504. The Morgan fingerprint density at radius 1 is 1.38 bits per heavy atom. The molecule has 0 aliphatic carbocycles. The first-order chi connectivity index (χ1) is 7.66. The summed E-state index contributed by atoms with van der Waals surface area (Å²) in [6.45, 7) is 4.18. The van der Waals surface area contributed by atoms with Gasteiger partial charge in [-0.1, -0.05) is 13.0 Å². The molecule has 16 heavy (non-hydrogen) atoms. The molecule has 0 saturated carbocycles. The van der Waals surface area contributed by atoms with Crippen LogP contribution in [0.5, 0.6) is 0 Å². The summed E-state index contributed by atoms with van der Waals surface area (Å²) in [4.78, 5) is 0. The molecule has 1 aromatic rings. The molecule has 1 heterocycles. The van der Waals surface area contributed by atoms with Crippen LogP contribution in [-0.2, 0) is 6.42 Å². The van der Waals surface area contributed by atoms with Gasteiger partial charge in [0, 0.05) is 6.07 Å². The van der Waals surface area contributed by atoms with Gasteiger partial charge in [-0.05, 0) is 49.4 Å². The lowest BCUT2D eigenvalue weighted by atomic mass is 9.83. The molecule has 1 fully saturated rings. The predicted molar refractivity (Wildman–Crippen MR) is 60.2 cm³/mol. The lowest BCUT2D eigenvalue weighted by molar-refractivity contribution is 0.270. The van der Waals surface area contributed by atoms with Crippen molar-refractivity contribution in [2.24, 2.45) is 11.8 Å². The van der Waals surface area contributed by atoms with Gasteiger partial charge in [-0.15, -0.1) is 0 Å². The van der Waals surface area contributed by atoms with E-state index in [-0.39, 0.29) is 0 Å². The molecule has 0 aromatic heterocycles. The van der Waals surface area contributed by atoms with Crippen LogP contribution in [0.15, 0.2) is 18.2 Å². The van der Waals surface area contributed by atoms with E-state index in [1.165, 1.54) is 6.07 Å². The number of halogens is 2. The number of nitrogens with one attached hydrogen (secondary N) is 1. The SMILES string of the molecule is CC1CCNCC1Cc1ccc(F)cc1F. The van der Waals surface area contributed by atoms with Crippen molar-refractivity contribution in [2.45, 2.75) is 19.8 Å². The fraction of sp³-hybridized carbons (Fsp3) is 0.538. The zero-order chi connectivity index (χ0) is 11.5. The Hall–Kier alpha value is -0.960. The fourth-order valence-corrected chi connectivity index (χ4v) is 2.30. The van der Waals surface area contributed by atoms with Gasteiger partial charge in [0.05, 0.1) is 0 Å². The molecule has 3 heteroatoms. The lowest BCUT2D eigenvalue weighted by Crippen LogP contribution is -2.36. The maximum absolute atomic E-state index is 13.5. The standard InChI is InChI=1S/C13H17F2N/c1-9-4-5-16-8-11(9)6-10-2-3-12(14)7-13(10)15/h2-3,7,9,11,16H,4-6,8H2,1H3. The van der Waals surface area contributed by atoms with Gasteiger partial charge in [0.2, 0.25) is 0 Å².